The number of hydrogen-bond acceptors (Lipinski definition) is 7. The zero-order chi connectivity index (χ0) is 24.1. The number of hydrogen-bond donors (Lipinski definition) is 2. The normalized spacial score (nSPS) is 20.7. The maximum absolute atomic E-state index is 10.2. The third-order valence-corrected chi connectivity index (χ3v) is 7.33. The Morgan fingerprint density at radius 2 is 1.81 bits per heavy atom. The van der Waals surface area contributed by atoms with Crippen molar-refractivity contribution in [3.8, 4) is 39.4 Å². The lowest BCUT2D eigenvalue weighted by Crippen LogP contribution is -2.34. The van der Waals surface area contributed by atoms with Crippen molar-refractivity contribution >= 4 is 11.5 Å². The Morgan fingerprint density at radius 3 is 2.56 bits per heavy atom. The van der Waals surface area contributed by atoms with Gasteiger partial charge in [-0.3, -0.25) is 4.98 Å². The van der Waals surface area contributed by atoms with Crippen LogP contribution in [-0.4, -0.2) is 60.2 Å². The molecule has 8 nitrogen and oxygen atoms in total. The van der Waals surface area contributed by atoms with E-state index in [2.05, 4.69) is 21.3 Å². The van der Waals surface area contributed by atoms with Gasteiger partial charge < -0.3 is 15.3 Å². The molecule has 1 aromatic carbocycles. The Balaban J connectivity index is 1.31. The average Bonchev–Trinajstić information content (AvgIpc) is 3.64. The van der Waals surface area contributed by atoms with E-state index in [0.717, 1.165) is 51.9 Å². The Morgan fingerprint density at radius 1 is 0.889 bits per heavy atom. The number of nitrogens with one attached hydrogen (secondary N) is 1. The van der Waals surface area contributed by atoms with E-state index in [-0.39, 0.29) is 5.75 Å². The van der Waals surface area contributed by atoms with Gasteiger partial charge in [-0.2, -0.15) is 5.10 Å². The molecule has 2 unspecified atom stereocenters. The van der Waals surface area contributed by atoms with Gasteiger partial charge in [-0.25, -0.2) is 14.5 Å². The van der Waals surface area contributed by atoms with Gasteiger partial charge >= 0.3 is 0 Å². The van der Waals surface area contributed by atoms with Crippen molar-refractivity contribution in [3.05, 3.63) is 79.4 Å². The molecule has 7 rings (SSSR count). The van der Waals surface area contributed by atoms with Gasteiger partial charge in [0.1, 0.15) is 17.3 Å². The molecule has 2 bridgehead atoms. The number of phenols is 1. The summed E-state index contributed by atoms with van der Waals surface area (Å²) in [6.45, 7) is 3.52. The van der Waals surface area contributed by atoms with E-state index >= 15 is 0 Å². The van der Waals surface area contributed by atoms with Crippen LogP contribution in [0.15, 0.2) is 79.4 Å². The number of anilines is 1. The van der Waals surface area contributed by atoms with Crippen LogP contribution < -0.4 is 5.32 Å². The molecule has 0 spiro atoms. The Bertz CT molecular complexity index is 1550. The van der Waals surface area contributed by atoms with E-state index in [4.69, 9.17) is 15.1 Å². The number of nitrogens with zero attached hydrogens (tertiary/aromatic N) is 6. The second-order valence-electron chi connectivity index (χ2n) is 9.57. The zero-order valence-electron chi connectivity index (χ0n) is 19.6. The Hall–Kier alpha value is -4.30. The second kappa shape index (κ2) is 8.42. The van der Waals surface area contributed by atoms with Gasteiger partial charge in [0.2, 0.25) is 0 Å². The molecule has 0 saturated carbocycles. The van der Waals surface area contributed by atoms with Crippen LogP contribution in [0, 0.1) is 5.92 Å². The highest BCUT2D eigenvalue weighted by atomic mass is 16.3. The molecule has 2 aliphatic heterocycles. The van der Waals surface area contributed by atoms with Gasteiger partial charge in [-0.05, 0) is 66.9 Å². The number of piperidine rings is 1. The van der Waals surface area contributed by atoms with E-state index < -0.39 is 0 Å². The molecule has 36 heavy (non-hydrogen) atoms. The Labute approximate surface area is 208 Å². The summed E-state index contributed by atoms with van der Waals surface area (Å²) in [6.07, 6.45) is 8.47. The largest absolute Gasteiger partial charge is 0.508 e. The fourth-order valence-electron chi connectivity index (χ4n) is 5.57. The highest BCUT2D eigenvalue weighted by molar-refractivity contribution is 5.91. The molecule has 8 heteroatoms. The van der Waals surface area contributed by atoms with Crippen LogP contribution in [0.4, 0.5) is 5.82 Å². The third-order valence-electron chi connectivity index (χ3n) is 7.33. The molecular weight excluding hydrogens is 450 g/mol. The van der Waals surface area contributed by atoms with Gasteiger partial charge in [-0.15, -0.1) is 0 Å². The van der Waals surface area contributed by atoms with Gasteiger partial charge in [0.05, 0.1) is 11.3 Å². The minimum atomic E-state index is 0.197. The summed E-state index contributed by atoms with van der Waals surface area (Å²) in [5, 5.41) is 18.8. The van der Waals surface area contributed by atoms with E-state index in [9.17, 15) is 5.11 Å². The highest BCUT2D eigenvalue weighted by Gasteiger charge is 2.37. The van der Waals surface area contributed by atoms with Crippen molar-refractivity contribution in [1.82, 2.24) is 29.5 Å². The predicted molar refractivity (Wildman–Crippen MR) is 139 cm³/mol. The van der Waals surface area contributed by atoms with Crippen molar-refractivity contribution in [1.29, 1.82) is 0 Å². The van der Waals surface area contributed by atoms with E-state index in [1.54, 1.807) is 30.7 Å². The lowest BCUT2D eigenvalue weighted by Gasteiger charge is -2.23. The van der Waals surface area contributed by atoms with Gasteiger partial charge in [0, 0.05) is 55.0 Å². The van der Waals surface area contributed by atoms with Crippen molar-refractivity contribution in [2.24, 2.45) is 5.92 Å². The molecule has 0 aliphatic carbocycles. The quantitative estimate of drug-likeness (QED) is 0.391. The zero-order valence-corrected chi connectivity index (χ0v) is 19.6. The van der Waals surface area contributed by atoms with E-state index in [1.807, 2.05) is 47.1 Å². The van der Waals surface area contributed by atoms with E-state index in [0.29, 0.717) is 11.7 Å². The fraction of sp³-hybridized carbons (Fsp3) is 0.214. The SMILES string of the molecule is Oc1cccc(-c2c(-c3ccncc3)nn3c(-c4ccc(N[C@@H]5CN6CCC5C6)nc4)ccnc23)c1. The highest BCUT2D eigenvalue weighted by Crippen LogP contribution is 2.37. The molecule has 6 heterocycles. The summed E-state index contributed by atoms with van der Waals surface area (Å²) in [7, 11) is 0. The predicted octanol–water partition coefficient (Wildman–Crippen LogP) is 4.34. The molecule has 5 aromatic rings. The summed E-state index contributed by atoms with van der Waals surface area (Å²) in [6, 6.07) is 17.6. The van der Waals surface area contributed by atoms with Gasteiger partial charge in [-0.1, -0.05) is 12.1 Å². The Kier molecular flexibility index (Phi) is 4.92. The standard InChI is InChI=1S/C28H25N7O/c36-22-3-1-2-19(14-22)26-27(18-6-10-29-11-7-18)33-35-24(8-12-30-28(26)35)20-4-5-25(31-15-20)32-23-17-34-13-9-21(23)16-34/h1-8,10-12,14-15,21,23,36H,9,13,16-17H2,(H,31,32)/t21?,23-/m1/s1. The van der Waals surface area contributed by atoms with Crippen molar-refractivity contribution < 1.29 is 5.11 Å². The number of aromatic nitrogens is 5. The lowest BCUT2D eigenvalue weighted by atomic mass is 10.00. The number of benzene rings is 1. The van der Waals surface area contributed by atoms with Crippen molar-refractivity contribution in [2.45, 2.75) is 12.5 Å². The summed E-state index contributed by atoms with van der Waals surface area (Å²) >= 11 is 0. The summed E-state index contributed by atoms with van der Waals surface area (Å²) in [5.74, 6) is 1.82. The van der Waals surface area contributed by atoms with Crippen LogP contribution in [0.25, 0.3) is 39.3 Å². The summed E-state index contributed by atoms with van der Waals surface area (Å²) < 4.78 is 1.86. The first kappa shape index (κ1) is 21.0. The van der Waals surface area contributed by atoms with Crippen LogP contribution in [0.2, 0.25) is 0 Å². The third kappa shape index (κ3) is 3.58. The minimum Gasteiger partial charge on any atom is -0.508 e. The second-order valence-corrected chi connectivity index (χ2v) is 9.57. The van der Waals surface area contributed by atoms with Crippen LogP contribution in [0.5, 0.6) is 5.75 Å². The van der Waals surface area contributed by atoms with Gasteiger partial charge in [0.15, 0.2) is 5.65 Å². The first-order valence-electron chi connectivity index (χ1n) is 12.3. The number of rotatable bonds is 5. The van der Waals surface area contributed by atoms with Crippen LogP contribution in [-0.2, 0) is 0 Å². The fourth-order valence-corrected chi connectivity index (χ4v) is 5.57. The molecule has 2 saturated heterocycles. The maximum Gasteiger partial charge on any atom is 0.164 e. The smallest absolute Gasteiger partial charge is 0.164 e. The number of pyridine rings is 2. The van der Waals surface area contributed by atoms with Crippen LogP contribution in [0.3, 0.4) is 0 Å². The molecule has 2 fully saturated rings. The summed E-state index contributed by atoms with van der Waals surface area (Å²) in [4.78, 5) is 16.1. The molecular formula is C28H25N7O. The van der Waals surface area contributed by atoms with E-state index in [1.165, 1.54) is 19.5 Å². The first-order valence-corrected chi connectivity index (χ1v) is 12.3. The molecule has 0 radical (unpaired) electrons. The minimum absolute atomic E-state index is 0.197. The summed E-state index contributed by atoms with van der Waals surface area (Å²) in [5.41, 5.74) is 5.97. The molecule has 178 valence electrons. The van der Waals surface area contributed by atoms with Crippen molar-refractivity contribution in [2.75, 3.05) is 25.0 Å². The monoisotopic (exact) mass is 475 g/mol. The van der Waals surface area contributed by atoms with Crippen LogP contribution in [0.1, 0.15) is 6.42 Å². The average molecular weight is 476 g/mol. The van der Waals surface area contributed by atoms with Gasteiger partial charge in [0.25, 0.3) is 0 Å². The lowest BCUT2D eigenvalue weighted by molar-refractivity contribution is 0.354. The molecule has 4 aromatic heterocycles. The molecule has 3 atom stereocenters. The number of aromatic hydroxyl groups is 1. The van der Waals surface area contributed by atoms with Crippen molar-refractivity contribution in [3.63, 3.8) is 0 Å². The molecule has 0 amide bonds. The molecule has 2 N–H and O–H groups in total. The maximum atomic E-state index is 10.2. The topological polar surface area (TPSA) is 91.5 Å². The first-order chi connectivity index (χ1) is 17.7. The number of fused-ring (bicyclic) bond motifs is 3. The number of phenolic OH excluding ortho intramolecular Hbond substituents is 1. The van der Waals surface area contributed by atoms with Crippen LogP contribution >= 0.6 is 0 Å². The molecule has 2 aliphatic rings.